The van der Waals surface area contributed by atoms with Crippen LogP contribution in [-0.4, -0.2) is 21.0 Å². The molecule has 2 rings (SSSR count). The van der Waals surface area contributed by atoms with E-state index in [1.54, 1.807) is 12.1 Å². The Labute approximate surface area is 125 Å². The first-order chi connectivity index (χ1) is 10.5. The van der Waals surface area contributed by atoms with Crippen molar-refractivity contribution in [2.24, 2.45) is 0 Å². The monoisotopic (exact) mass is 303 g/mol. The predicted molar refractivity (Wildman–Crippen MR) is 77.2 cm³/mol. The number of hydrogen-bond acceptors (Lipinski definition) is 6. The number of benzene rings is 2. The second-order valence-corrected chi connectivity index (χ2v) is 4.39. The van der Waals surface area contributed by atoms with Crippen molar-refractivity contribution in [2.75, 3.05) is 0 Å². The van der Waals surface area contributed by atoms with Crippen LogP contribution in [0.1, 0.15) is 15.9 Å². The van der Waals surface area contributed by atoms with E-state index in [9.17, 15) is 25.1 Å². The number of nitrogens with zero attached hydrogens (tertiary/aromatic N) is 1. The minimum atomic E-state index is -0.580. The van der Waals surface area contributed by atoms with Gasteiger partial charge in [0.25, 0.3) is 11.6 Å². The maximum absolute atomic E-state index is 11.8. The van der Waals surface area contributed by atoms with Crippen LogP contribution in [-0.2, 0) is 6.54 Å². The molecular formula is C14H13N3O5. The number of aromatic hydroxyl groups is 2. The highest BCUT2D eigenvalue weighted by atomic mass is 16.6. The van der Waals surface area contributed by atoms with Gasteiger partial charge in [-0.25, -0.2) is 5.43 Å². The molecule has 22 heavy (non-hydrogen) atoms. The zero-order valence-electron chi connectivity index (χ0n) is 11.3. The third-order valence-corrected chi connectivity index (χ3v) is 2.90. The number of hydrazine groups is 1. The fourth-order valence-electron chi connectivity index (χ4n) is 1.78. The standard InChI is InChI=1S/C14H13N3O5/c18-12-6-5-10(17(21)22)7-9(12)8-15-16-14(20)11-3-1-2-4-13(11)19/h1-7,15,18-19H,8H2,(H,16,20). The summed E-state index contributed by atoms with van der Waals surface area (Å²) in [6.45, 7) is -0.0210. The number of carbonyl (C=O) groups excluding carboxylic acids is 1. The van der Waals surface area contributed by atoms with Crippen molar-refractivity contribution in [3.63, 3.8) is 0 Å². The van der Waals surface area contributed by atoms with E-state index in [0.29, 0.717) is 0 Å². The summed E-state index contributed by atoms with van der Waals surface area (Å²) < 4.78 is 0. The number of nitro benzene ring substituents is 1. The van der Waals surface area contributed by atoms with Crippen molar-refractivity contribution in [1.29, 1.82) is 0 Å². The number of rotatable bonds is 5. The topological polar surface area (TPSA) is 125 Å². The molecule has 0 spiro atoms. The van der Waals surface area contributed by atoms with E-state index in [1.807, 2.05) is 0 Å². The number of phenols is 2. The maximum atomic E-state index is 11.8. The van der Waals surface area contributed by atoms with Crippen LogP contribution in [0.5, 0.6) is 11.5 Å². The number of amides is 1. The molecule has 0 aliphatic rings. The number of nitro groups is 1. The average molecular weight is 303 g/mol. The average Bonchev–Trinajstić information content (AvgIpc) is 2.49. The highest BCUT2D eigenvalue weighted by Crippen LogP contribution is 2.22. The number of nitrogens with one attached hydrogen (secondary N) is 2. The van der Waals surface area contributed by atoms with Gasteiger partial charge in [0.15, 0.2) is 0 Å². The van der Waals surface area contributed by atoms with Crippen LogP contribution < -0.4 is 10.9 Å². The Hall–Kier alpha value is -3.13. The van der Waals surface area contributed by atoms with Crippen LogP contribution in [0.25, 0.3) is 0 Å². The Morgan fingerprint density at radius 1 is 1.14 bits per heavy atom. The van der Waals surface area contributed by atoms with Gasteiger partial charge in [0.2, 0.25) is 0 Å². The van der Waals surface area contributed by atoms with E-state index < -0.39 is 10.8 Å². The molecule has 0 heterocycles. The predicted octanol–water partition coefficient (Wildman–Crippen LogP) is 1.44. The van der Waals surface area contributed by atoms with Gasteiger partial charge in [0.1, 0.15) is 11.5 Å². The van der Waals surface area contributed by atoms with Crippen molar-refractivity contribution < 1.29 is 19.9 Å². The minimum Gasteiger partial charge on any atom is -0.508 e. The third kappa shape index (κ3) is 3.49. The molecule has 2 aromatic carbocycles. The van der Waals surface area contributed by atoms with E-state index in [0.717, 1.165) is 0 Å². The lowest BCUT2D eigenvalue weighted by Crippen LogP contribution is -2.36. The summed E-state index contributed by atoms with van der Waals surface area (Å²) in [5.41, 5.74) is 5.05. The van der Waals surface area contributed by atoms with Crippen molar-refractivity contribution in [3.05, 3.63) is 63.7 Å². The van der Waals surface area contributed by atoms with Crippen LogP contribution in [0.3, 0.4) is 0 Å². The molecule has 4 N–H and O–H groups in total. The molecule has 0 fully saturated rings. The van der Waals surface area contributed by atoms with E-state index in [2.05, 4.69) is 10.9 Å². The fourth-order valence-corrected chi connectivity index (χ4v) is 1.78. The second-order valence-electron chi connectivity index (χ2n) is 4.39. The third-order valence-electron chi connectivity index (χ3n) is 2.90. The smallest absolute Gasteiger partial charge is 0.270 e. The first kappa shape index (κ1) is 15.3. The number of phenolic OH excluding ortho intramolecular Hbond substituents is 2. The van der Waals surface area contributed by atoms with Crippen LogP contribution >= 0.6 is 0 Å². The SMILES string of the molecule is O=C(NNCc1cc([N+](=O)[O-])ccc1O)c1ccccc1O. The maximum Gasteiger partial charge on any atom is 0.270 e. The molecule has 114 valence electrons. The molecule has 0 radical (unpaired) electrons. The van der Waals surface area contributed by atoms with Crippen LogP contribution in [0.2, 0.25) is 0 Å². The lowest BCUT2D eigenvalue weighted by atomic mass is 10.2. The highest BCUT2D eigenvalue weighted by molar-refractivity contribution is 5.96. The summed E-state index contributed by atoms with van der Waals surface area (Å²) in [5, 5.41) is 29.8. The first-order valence-corrected chi connectivity index (χ1v) is 6.26. The molecule has 8 heteroatoms. The van der Waals surface area contributed by atoms with E-state index >= 15 is 0 Å². The van der Waals surface area contributed by atoms with Crippen LogP contribution in [0, 0.1) is 10.1 Å². The molecule has 0 bridgehead atoms. The first-order valence-electron chi connectivity index (χ1n) is 6.26. The van der Waals surface area contributed by atoms with E-state index in [4.69, 9.17) is 0 Å². The van der Waals surface area contributed by atoms with Gasteiger partial charge in [-0.15, -0.1) is 0 Å². The van der Waals surface area contributed by atoms with Crippen molar-refractivity contribution >= 4 is 11.6 Å². The molecule has 2 aromatic rings. The van der Waals surface area contributed by atoms with Gasteiger partial charge in [-0.2, -0.15) is 0 Å². The van der Waals surface area contributed by atoms with Gasteiger partial charge in [-0.05, 0) is 18.2 Å². The summed E-state index contributed by atoms with van der Waals surface area (Å²) in [7, 11) is 0. The number of hydrogen-bond donors (Lipinski definition) is 4. The molecule has 0 aliphatic carbocycles. The van der Waals surface area contributed by atoms with Gasteiger partial charge in [-0.1, -0.05) is 12.1 Å². The molecule has 0 aliphatic heterocycles. The second kappa shape index (κ2) is 6.55. The summed E-state index contributed by atoms with van der Waals surface area (Å²) >= 11 is 0. The van der Waals surface area contributed by atoms with E-state index in [-0.39, 0.29) is 34.9 Å². The van der Waals surface area contributed by atoms with Gasteiger partial charge >= 0.3 is 0 Å². The molecule has 1 amide bonds. The highest BCUT2D eigenvalue weighted by Gasteiger charge is 2.12. The minimum absolute atomic E-state index is 0.0210. The lowest BCUT2D eigenvalue weighted by Gasteiger charge is -2.09. The quantitative estimate of drug-likeness (QED) is 0.489. The van der Waals surface area contributed by atoms with Crippen molar-refractivity contribution in [2.45, 2.75) is 6.54 Å². The molecule has 0 atom stereocenters. The summed E-state index contributed by atoms with van der Waals surface area (Å²) in [5.74, 6) is -0.863. The van der Waals surface area contributed by atoms with Gasteiger partial charge < -0.3 is 10.2 Å². The zero-order chi connectivity index (χ0) is 16.1. The number of para-hydroxylation sites is 1. The zero-order valence-corrected chi connectivity index (χ0v) is 11.3. The number of non-ortho nitro benzene ring substituents is 1. The molecular weight excluding hydrogens is 290 g/mol. The molecule has 0 saturated carbocycles. The Kier molecular flexibility index (Phi) is 4.54. The fraction of sp³-hybridized carbons (Fsp3) is 0.0714. The summed E-state index contributed by atoms with van der Waals surface area (Å²) in [4.78, 5) is 21.9. The van der Waals surface area contributed by atoms with Gasteiger partial charge in [0.05, 0.1) is 10.5 Å². The van der Waals surface area contributed by atoms with Gasteiger partial charge in [0, 0.05) is 24.2 Å². The molecule has 8 nitrogen and oxygen atoms in total. The molecule has 0 saturated heterocycles. The number of carbonyl (C=O) groups is 1. The Morgan fingerprint density at radius 3 is 2.55 bits per heavy atom. The van der Waals surface area contributed by atoms with Crippen molar-refractivity contribution in [3.8, 4) is 11.5 Å². The Morgan fingerprint density at radius 2 is 1.86 bits per heavy atom. The van der Waals surface area contributed by atoms with Crippen LogP contribution in [0.4, 0.5) is 5.69 Å². The lowest BCUT2D eigenvalue weighted by molar-refractivity contribution is -0.384. The largest absolute Gasteiger partial charge is 0.508 e. The van der Waals surface area contributed by atoms with E-state index in [1.165, 1.54) is 30.3 Å². The Bertz CT molecular complexity index is 717. The summed E-state index contributed by atoms with van der Waals surface area (Å²) in [6.07, 6.45) is 0. The van der Waals surface area contributed by atoms with Crippen LogP contribution in [0.15, 0.2) is 42.5 Å². The Balaban J connectivity index is 1.99. The molecule has 0 aromatic heterocycles. The molecule has 0 unspecified atom stereocenters. The van der Waals surface area contributed by atoms with Crippen molar-refractivity contribution in [1.82, 2.24) is 10.9 Å². The van der Waals surface area contributed by atoms with Gasteiger partial charge in [-0.3, -0.25) is 20.3 Å². The summed E-state index contributed by atoms with van der Waals surface area (Å²) in [6, 6.07) is 9.59. The normalized spacial score (nSPS) is 10.2.